The molecule has 0 radical (unpaired) electrons. The highest BCUT2D eigenvalue weighted by atomic mass is 32.2. The topological polar surface area (TPSA) is 107 Å². The van der Waals surface area contributed by atoms with Gasteiger partial charge in [0.05, 0.1) is 9.82 Å². The van der Waals surface area contributed by atoms with Crippen LogP contribution in [0.2, 0.25) is 0 Å². The van der Waals surface area contributed by atoms with Gasteiger partial charge in [0.15, 0.2) is 0 Å². The lowest BCUT2D eigenvalue weighted by molar-refractivity contribution is -0.384. The summed E-state index contributed by atoms with van der Waals surface area (Å²) in [6, 6.07) is 12.6. The summed E-state index contributed by atoms with van der Waals surface area (Å²) in [6.45, 7) is 0. The molecule has 0 unspecified atom stereocenters. The molecule has 2 aromatic rings. The standard InChI is InChI=1S/C13H13N3O4S/c1-15(10-5-3-2-4-6-10)12-8-7-11(21(14,19)20)9-13(12)16(17)18/h2-9H,1H3,(H2,14,19,20). The largest absolute Gasteiger partial charge is 0.339 e. The van der Waals surface area contributed by atoms with Gasteiger partial charge < -0.3 is 4.90 Å². The van der Waals surface area contributed by atoms with E-state index in [1.165, 1.54) is 12.1 Å². The molecule has 0 amide bonds. The number of para-hydroxylation sites is 1. The van der Waals surface area contributed by atoms with Crippen molar-refractivity contribution in [1.82, 2.24) is 0 Å². The third-order valence-corrected chi connectivity index (χ3v) is 3.89. The number of nitro benzene ring substituents is 1. The zero-order valence-corrected chi connectivity index (χ0v) is 11.9. The van der Waals surface area contributed by atoms with Gasteiger partial charge in [-0.15, -0.1) is 0 Å². The summed E-state index contributed by atoms with van der Waals surface area (Å²) in [5.74, 6) is 0. The van der Waals surface area contributed by atoms with E-state index < -0.39 is 14.9 Å². The molecule has 7 nitrogen and oxygen atoms in total. The Bertz CT molecular complexity index is 775. The van der Waals surface area contributed by atoms with Crippen molar-refractivity contribution in [1.29, 1.82) is 0 Å². The number of hydrogen-bond acceptors (Lipinski definition) is 5. The predicted octanol–water partition coefficient (Wildman–Crippen LogP) is 2.01. The van der Waals surface area contributed by atoms with Crippen LogP contribution in [-0.4, -0.2) is 20.4 Å². The van der Waals surface area contributed by atoms with Crippen LogP contribution in [0.3, 0.4) is 0 Å². The molecule has 0 aromatic heterocycles. The predicted molar refractivity (Wildman–Crippen MR) is 79.0 cm³/mol. The first-order chi connectivity index (χ1) is 9.80. The highest BCUT2D eigenvalue weighted by Gasteiger charge is 2.21. The van der Waals surface area contributed by atoms with Crippen LogP contribution in [-0.2, 0) is 10.0 Å². The number of sulfonamides is 1. The van der Waals surface area contributed by atoms with Crippen LogP contribution >= 0.6 is 0 Å². The summed E-state index contributed by atoms with van der Waals surface area (Å²) in [7, 11) is -2.33. The van der Waals surface area contributed by atoms with Crippen LogP contribution < -0.4 is 10.0 Å². The minimum absolute atomic E-state index is 0.276. The second kappa shape index (κ2) is 5.51. The van der Waals surface area contributed by atoms with E-state index in [9.17, 15) is 18.5 Å². The molecule has 0 spiro atoms. The third kappa shape index (κ3) is 3.18. The van der Waals surface area contributed by atoms with Gasteiger partial charge in [-0.25, -0.2) is 13.6 Å². The number of hydrogen-bond donors (Lipinski definition) is 1. The molecule has 0 aliphatic heterocycles. The molecule has 2 aromatic carbocycles. The molecule has 21 heavy (non-hydrogen) atoms. The van der Waals surface area contributed by atoms with Crippen molar-refractivity contribution in [3.63, 3.8) is 0 Å². The van der Waals surface area contributed by atoms with Crippen LogP contribution in [0, 0.1) is 10.1 Å². The Morgan fingerprint density at radius 3 is 2.29 bits per heavy atom. The highest BCUT2D eigenvalue weighted by Crippen LogP contribution is 2.33. The lowest BCUT2D eigenvalue weighted by atomic mass is 10.2. The van der Waals surface area contributed by atoms with Crippen molar-refractivity contribution in [2.45, 2.75) is 4.90 Å². The molecular weight excluding hydrogens is 294 g/mol. The van der Waals surface area contributed by atoms with Gasteiger partial charge in [-0.1, -0.05) is 18.2 Å². The van der Waals surface area contributed by atoms with E-state index in [4.69, 9.17) is 5.14 Å². The molecule has 110 valence electrons. The summed E-state index contributed by atoms with van der Waals surface area (Å²) < 4.78 is 22.6. The number of primary sulfonamides is 1. The third-order valence-electron chi connectivity index (χ3n) is 2.98. The van der Waals surface area contributed by atoms with E-state index in [1.807, 2.05) is 6.07 Å². The summed E-state index contributed by atoms with van der Waals surface area (Å²) in [5.41, 5.74) is 0.690. The van der Waals surface area contributed by atoms with Gasteiger partial charge in [0, 0.05) is 18.8 Å². The van der Waals surface area contributed by atoms with Crippen LogP contribution in [0.25, 0.3) is 0 Å². The van der Waals surface area contributed by atoms with Gasteiger partial charge in [-0.2, -0.15) is 0 Å². The normalized spacial score (nSPS) is 11.1. The number of nitrogens with two attached hydrogens (primary N) is 1. The first kappa shape index (κ1) is 14.9. The lowest BCUT2D eigenvalue weighted by Crippen LogP contribution is -2.15. The Morgan fingerprint density at radius 1 is 1.14 bits per heavy atom. The van der Waals surface area contributed by atoms with E-state index in [0.717, 1.165) is 11.8 Å². The number of nitro groups is 1. The summed E-state index contributed by atoms with van der Waals surface area (Å²) in [6.07, 6.45) is 0. The summed E-state index contributed by atoms with van der Waals surface area (Å²) in [4.78, 5) is 11.9. The number of nitrogens with zero attached hydrogens (tertiary/aromatic N) is 2. The van der Waals surface area contributed by atoms with Crippen LogP contribution in [0.5, 0.6) is 0 Å². The Labute approximate surface area is 121 Å². The van der Waals surface area contributed by atoms with Crippen molar-refractivity contribution in [3.8, 4) is 0 Å². The van der Waals surface area contributed by atoms with E-state index in [2.05, 4.69) is 0 Å². The SMILES string of the molecule is CN(c1ccccc1)c1ccc(S(N)(=O)=O)cc1[N+](=O)[O-]. The molecular formula is C13H13N3O4S. The zero-order valence-electron chi connectivity index (χ0n) is 11.1. The minimum atomic E-state index is -3.99. The second-order valence-electron chi connectivity index (χ2n) is 4.35. The fraction of sp³-hybridized carbons (Fsp3) is 0.0769. The molecule has 2 rings (SSSR count). The quantitative estimate of drug-likeness (QED) is 0.687. The molecule has 0 aliphatic carbocycles. The molecule has 0 atom stereocenters. The van der Waals surface area contributed by atoms with E-state index in [-0.39, 0.29) is 16.3 Å². The van der Waals surface area contributed by atoms with Crippen molar-refractivity contribution in [3.05, 3.63) is 58.6 Å². The Hall–Kier alpha value is -2.45. The van der Waals surface area contributed by atoms with E-state index in [0.29, 0.717) is 0 Å². The fourth-order valence-electron chi connectivity index (χ4n) is 1.90. The number of rotatable bonds is 4. The number of benzene rings is 2. The van der Waals surface area contributed by atoms with Crippen molar-refractivity contribution in [2.75, 3.05) is 11.9 Å². The molecule has 0 aliphatic rings. The van der Waals surface area contributed by atoms with Gasteiger partial charge in [0.25, 0.3) is 5.69 Å². The van der Waals surface area contributed by atoms with Gasteiger partial charge >= 0.3 is 0 Å². The highest BCUT2D eigenvalue weighted by molar-refractivity contribution is 7.89. The van der Waals surface area contributed by atoms with Crippen molar-refractivity contribution >= 4 is 27.1 Å². The molecule has 0 bridgehead atoms. The number of anilines is 2. The van der Waals surface area contributed by atoms with Gasteiger partial charge in [0.2, 0.25) is 10.0 Å². The fourth-order valence-corrected chi connectivity index (χ4v) is 2.43. The lowest BCUT2D eigenvalue weighted by Gasteiger charge is -2.19. The second-order valence-corrected chi connectivity index (χ2v) is 5.91. The Kier molecular flexibility index (Phi) is 3.92. The maximum atomic E-state index is 11.3. The van der Waals surface area contributed by atoms with E-state index >= 15 is 0 Å². The Balaban J connectivity index is 2.57. The smallest absolute Gasteiger partial charge is 0.294 e. The molecule has 0 saturated carbocycles. The first-order valence-electron chi connectivity index (χ1n) is 5.91. The molecule has 8 heteroatoms. The monoisotopic (exact) mass is 307 g/mol. The molecule has 0 saturated heterocycles. The average Bonchev–Trinajstić information content (AvgIpc) is 2.45. The first-order valence-corrected chi connectivity index (χ1v) is 7.45. The van der Waals surface area contributed by atoms with Crippen LogP contribution in [0.1, 0.15) is 0 Å². The zero-order chi connectivity index (χ0) is 15.6. The molecule has 2 N–H and O–H groups in total. The summed E-state index contributed by atoms with van der Waals surface area (Å²) in [5, 5.41) is 16.2. The van der Waals surface area contributed by atoms with Crippen LogP contribution in [0.15, 0.2) is 53.4 Å². The van der Waals surface area contributed by atoms with Crippen molar-refractivity contribution < 1.29 is 13.3 Å². The average molecular weight is 307 g/mol. The van der Waals surface area contributed by atoms with Gasteiger partial charge in [-0.05, 0) is 24.3 Å². The molecule has 0 fully saturated rings. The summed E-state index contributed by atoms with van der Waals surface area (Å²) >= 11 is 0. The molecule has 0 heterocycles. The minimum Gasteiger partial charge on any atom is -0.339 e. The Morgan fingerprint density at radius 2 is 1.76 bits per heavy atom. The van der Waals surface area contributed by atoms with Crippen molar-refractivity contribution in [2.24, 2.45) is 5.14 Å². The van der Waals surface area contributed by atoms with Gasteiger partial charge in [-0.3, -0.25) is 10.1 Å². The maximum Gasteiger partial charge on any atom is 0.294 e. The van der Waals surface area contributed by atoms with E-state index in [1.54, 1.807) is 36.2 Å². The maximum absolute atomic E-state index is 11.3. The van der Waals surface area contributed by atoms with Gasteiger partial charge in [0.1, 0.15) is 5.69 Å². The van der Waals surface area contributed by atoms with Crippen LogP contribution in [0.4, 0.5) is 17.1 Å².